The minimum absolute atomic E-state index is 0.438. The van der Waals surface area contributed by atoms with Gasteiger partial charge in [0.2, 0.25) is 0 Å². The molecule has 0 amide bonds. The molecular weight excluding hydrogens is 196 g/mol. The molecule has 0 aliphatic carbocycles. The topological polar surface area (TPSA) is 15.6 Å². The highest BCUT2D eigenvalue weighted by Crippen LogP contribution is 2.20. The van der Waals surface area contributed by atoms with Gasteiger partial charge in [-0.25, -0.2) is 4.99 Å². The van der Waals surface area contributed by atoms with Crippen molar-refractivity contribution in [2.45, 2.75) is 32.7 Å². The van der Waals surface area contributed by atoms with Gasteiger partial charge in [0.25, 0.3) is 0 Å². The zero-order valence-corrected chi connectivity index (χ0v) is 9.93. The molecule has 2 heteroatoms. The normalized spacial score (nSPS) is 15.1. The minimum Gasteiger partial charge on any atom is -0.327 e. The van der Waals surface area contributed by atoms with E-state index in [4.69, 9.17) is 0 Å². The summed E-state index contributed by atoms with van der Waals surface area (Å²) in [5.41, 5.74) is 1.23. The lowest BCUT2D eigenvalue weighted by molar-refractivity contribution is 0.789. The Kier molecular flexibility index (Phi) is 3.40. The molecule has 1 aliphatic heterocycles. The first-order valence-electron chi connectivity index (χ1n) is 5.85. The van der Waals surface area contributed by atoms with Crippen molar-refractivity contribution in [3.05, 3.63) is 42.6 Å². The first-order valence-corrected chi connectivity index (χ1v) is 5.85. The Bertz CT molecular complexity index is 390. The van der Waals surface area contributed by atoms with Crippen LogP contribution in [0.3, 0.4) is 0 Å². The van der Waals surface area contributed by atoms with E-state index in [1.54, 1.807) is 0 Å². The van der Waals surface area contributed by atoms with Crippen LogP contribution in [0.1, 0.15) is 26.7 Å². The zero-order chi connectivity index (χ0) is 11.4. The molecule has 1 aliphatic rings. The van der Waals surface area contributed by atoms with Gasteiger partial charge < -0.3 is 4.90 Å². The van der Waals surface area contributed by atoms with Crippen LogP contribution in [0, 0.1) is 0 Å². The molecule has 0 fully saturated rings. The second kappa shape index (κ2) is 4.97. The van der Waals surface area contributed by atoms with Gasteiger partial charge in [-0.1, -0.05) is 24.3 Å². The molecule has 2 nitrogen and oxygen atoms in total. The summed E-state index contributed by atoms with van der Waals surface area (Å²) < 4.78 is 0. The van der Waals surface area contributed by atoms with E-state index in [0.717, 1.165) is 12.8 Å². The predicted octanol–water partition coefficient (Wildman–Crippen LogP) is 3.61. The van der Waals surface area contributed by atoms with Gasteiger partial charge in [0, 0.05) is 24.4 Å². The van der Waals surface area contributed by atoms with Gasteiger partial charge in [-0.2, -0.15) is 0 Å². The summed E-state index contributed by atoms with van der Waals surface area (Å²) in [6.45, 7) is 4.40. The number of amidine groups is 1. The van der Waals surface area contributed by atoms with Crippen LogP contribution < -0.4 is 4.90 Å². The molecule has 0 unspecified atom stereocenters. The Morgan fingerprint density at radius 1 is 1.19 bits per heavy atom. The average molecular weight is 214 g/mol. The van der Waals surface area contributed by atoms with E-state index in [-0.39, 0.29) is 0 Å². The highest BCUT2D eigenvalue weighted by Gasteiger charge is 2.16. The van der Waals surface area contributed by atoms with E-state index in [0.29, 0.717) is 6.04 Å². The molecule has 2 rings (SSSR count). The summed E-state index contributed by atoms with van der Waals surface area (Å²) in [5.74, 6) is 1.17. The molecule has 0 saturated heterocycles. The molecule has 0 N–H and O–H groups in total. The molecule has 1 heterocycles. The fourth-order valence-electron chi connectivity index (χ4n) is 2.01. The van der Waals surface area contributed by atoms with E-state index in [1.807, 2.05) is 12.3 Å². The third kappa shape index (κ3) is 2.32. The predicted molar refractivity (Wildman–Crippen MR) is 69.9 cm³/mol. The van der Waals surface area contributed by atoms with Crippen molar-refractivity contribution in [1.82, 2.24) is 0 Å². The molecule has 1 aromatic rings. The van der Waals surface area contributed by atoms with Crippen molar-refractivity contribution >= 4 is 11.5 Å². The first kappa shape index (κ1) is 10.9. The molecule has 0 aromatic heterocycles. The van der Waals surface area contributed by atoms with Gasteiger partial charge in [-0.15, -0.1) is 0 Å². The number of hydrogen-bond acceptors (Lipinski definition) is 2. The molecule has 0 bridgehead atoms. The van der Waals surface area contributed by atoms with Crippen LogP contribution in [-0.2, 0) is 0 Å². The molecular formula is C14H18N2. The first-order chi connectivity index (χ1) is 7.79. The quantitative estimate of drug-likeness (QED) is 0.734. The van der Waals surface area contributed by atoms with Crippen LogP contribution in [0.5, 0.6) is 0 Å². The maximum absolute atomic E-state index is 4.49. The van der Waals surface area contributed by atoms with Crippen LogP contribution >= 0.6 is 0 Å². The number of aliphatic imine (C=N–C) groups is 1. The van der Waals surface area contributed by atoms with Gasteiger partial charge in [-0.05, 0) is 32.4 Å². The van der Waals surface area contributed by atoms with Crippen molar-refractivity contribution in [1.29, 1.82) is 0 Å². The van der Waals surface area contributed by atoms with Crippen LogP contribution in [0.25, 0.3) is 0 Å². The molecule has 0 spiro atoms. The van der Waals surface area contributed by atoms with Gasteiger partial charge in [0.15, 0.2) is 0 Å². The summed E-state index contributed by atoms with van der Waals surface area (Å²) >= 11 is 0. The van der Waals surface area contributed by atoms with E-state index in [1.165, 1.54) is 11.5 Å². The minimum atomic E-state index is 0.438. The summed E-state index contributed by atoms with van der Waals surface area (Å²) in [5, 5.41) is 0. The van der Waals surface area contributed by atoms with E-state index in [2.05, 4.69) is 54.1 Å². The summed E-state index contributed by atoms with van der Waals surface area (Å²) in [6.07, 6.45) is 6.16. The lowest BCUT2D eigenvalue weighted by Gasteiger charge is -2.30. The van der Waals surface area contributed by atoms with E-state index >= 15 is 0 Å². The highest BCUT2D eigenvalue weighted by molar-refractivity contribution is 5.99. The lowest BCUT2D eigenvalue weighted by atomic mass is 10.1. The monoisotopic (exact) mass is 214 g/mol. The summed E-state index contributed by atoms with van der Waals surface area (Å²) in [7, 11) is 0. The Labute approximate surface area is 97.3 Å². The van der Waals surface area contributed by atoms with Gasteiger partial charge in [-0.3, -0.25) is 0 Å². The molecule has 1 aromatic carbocycles. The Morgan fingerprint density at radius 2 is 1.94 bits per heavy atom. The van der Waals surface area contributed by atoms with Crippen molar-refractivity contribution in [2.75, 3.05) is 4.90 Å². The standard InChI is InChI=1S/C14H18N2/c1-12(2)16(13-8-4-3-5-9-13)14-10-6-7-11-15-14/h3-5,7-9,11-12H,6,10H2,1-2H3. The Balaban J connectivity index is 2.31. The maximum Gasteiger partial charge on any atom is 0.109 e. The number of benzene rings is 1. The van der Waals surface area contributed by atoms with Gasteiger partial charge in [0.1, 0.15) is 5.84 Å². The van der Waals surface area contributed by atoms with Gasteiger partial charge >= 0.3 is 0 Å². The maximum atomic E-state index is 4.49. The second-order valence-electron chi connectivity index (χ2n) is 4.27. The highest BCUT2D eigenvalue weighted by atomic mass is 15.2. The molecule has 84 valence electrons. The third-order valence-corrected chi connectivity index (χ3v) is 2.69. The Morgan fingerprint density at radius 3 is 2.50 bits per heavy atom. The van der Waals surface area contributed by atoms with Crippen molar-refractivity contribution < 1.29 is 0 Å². The molecule has 0 saturated carbocycles. The second-order valence-corrected chi connectivity index (χ2v) is 4.27. The average Bonchev–Trinajstić information content (AvgIpc) is 2.31. The molecule has 0 atom stereocenters. The fourth-order valence-corrected chi connectivity index (χ4v) is 2.01. The molecule has 16 heavy (non-hydrogen) atoms. The van der Waals surface area contributed by atoms with Crippen LogP contribution in [0.15, 0.2) is 47.6 Å². The molecule has 0 radical (unpaired) electrons. The SMILES string of the molecule is CC(C)N(C1=NC=CCC1)c1ccccc1. The Hall–Kier alpha value is -1.57. The number of nitrogens with zero attached hydrogens (tertiary/aromatic N) is 2. The fraction of sp³-hybridized carbons (Fsp3) is 0.357. The van der Waals surface area contributed by atoms with Crippen LogP contribution in [0.4, 0.5) is 5.69 Å². The largest absolute Gasteiger partial charge is 0.327 e. The smallest absolute Gasteiger partial charge is 0.109 e. The number of para-hydroxylation sites is 1. The number of rotatable bonds is 2. The zero-order valence-electron chi connectivity index (χ0n) is 9.93. The summed E-state index contributed by atoms with van der Waals surface area (Å²) in [6, 6.07) is 10.9. The number of allylic oxidation sites excluding steroid dienone is 1. The van der Waals surface area contributed by atoms with Crippen LogP contribution in [-0.4, -0.2) is 11.9 Å². The van der Waals surface area contributed by atoms with Gasteiger partial charge in [0.05, 0.1) is 0 Å². The van der Waals surface area contributed by atoms with Crippen molar-refractivity contribution in [3.8, 4) is 0 Å². The number of hydrogen-bond donors (Lipinski definition) is 0. The third-order valence-electron chi connectivity index (χ3n) is 2.69. The van der Waals surface area contributed by atoms with Crippen molar-refractivity contribution in [2.24, 2.45) is 4.99 Å². The lowest BCUT2D eigenvalue weighted by Crippen LogP contribution is -2.37. The van der Waals surface area contributed by atoms with Crippen LogP contribution in [0.2, 0.25) is 0 Å². The van der Waals surface area contributed by atoms with E-state index in [9.17, 15) is 0 Å². The number of anilines is 1. The van der Waals surface area contributed by atoms with E-state index < -0.39 is 0 Å². The van der Waals surface area contributed by atoms with Crippen molar-refractivity contribution in [3.63, 3.8) is 0 Å². The summed E-state index contributed by atoms with van der Waals surface area (Å²) in [4.78, 5) is 6.80.